The fraction of sp³-hybridized carbons (Fsp3) is 0.889. The molecule has 0 aliphatic heterocycles. The van der Waals surface area contributed by atoms with Crippen molar-refractivity contribution in [1.29, 1.82) is 0 Å². The third-order valence-corrected chi connectivity index (χ3v) is 2.38. The van der Waals surface area contributed by atoms with Crippen molar-refractivity contribution >= 4 is 16.3 Å². The average Bonchev–Trinajstić information content (AvgIpc) is 1.92. The van der Waals surface area contributed by atoms with E-state index in [4.69, 9.17) is 4.74 Å². The number of nitrogens with one attached hydrogen (secondary N) is 1. The minimum absolute atomic E-state index is 0.867. The SMILES string of the molecule is CC(C)(C)OC(=O)NC(CC(F)F)CS(=O)(=O)F. The van der Waals surface area contributed by atoms with Gasteiger partial charge in [-0.1, -0.05) is 0 Å². The van der Waals surface area contributed by atoms with Crippen LogP contribution in [0.25, 0.3) is 0 Å². The normalized spacial score (nSPS) is 14.4. The van der Waals surface area contributed by atoms with Gasteiger partial charge in [0.05, 0.1) is 6.04 Å². The Hall–Kier alpha value is -0.990. The van der Waals surface area contributed by atoms with E-state index in [-0.39, 0.29) is 0 Å². The number of rotatable bonds is 5. The van der Waals surface area contributed by atoms with Crippen LogP contribution in [0.1, 0.15) is 27.2 Å². The minimum atomic E-state index is -4.96. The van der Waals surface area contributed by atoms with Gasteiger partial charge in [0.1, 0.15) is 11.4 Å². The van der Waals surface area contributed by atoms with E-state index in [0.717, 1.165) is 0 Å². The summed E-state index contributed by atoms with van der Waals surface area (Å²) in [6.45, 7) is 4.63. The van der Waals surface area contributed by atoms with Gasteiger partial charge in [0.25, 0.3) is 0 Å². The summed E-state index contributed by atoms with van der Waals surface area (Å²) in [6, 6.07) is -1.53. The summed E-state index contributed by atoms with van der Waals surface area (Å²) < 4.78 is 62.2. The van der Waals surface area contributed by atoms with Crippen LogP contribution in [0.15, 0.2) is 0 Å². The zero-order valence-electron chi connectivity index (χ0n) is 10.2. The molecule has 1 amide bonds. The molecule has 0 heterocycles. The highest BCUT2D eigenvalue weighted by Crippen LogP contribution is 2.10. The molecule has 108 valence electrons. The second kappa shape index (κ2) is 6.26. The Balaban J connectivity index is 4.55. The number of hydrogen-bond acceptors (Lipinski definition) is 4. The molecule has 18 heavy (non-hydrogen) atoms. The van der Waals surface area contributed by atoms with Gasteiger partial charge in [0, 0.05) is 6.42 Å². The zero-order valence-corrected chi connectivity index (χ0v) is 11.1. The first-order valence-electron chi connectivity index (χ1n) is 5.09. The number of hydrogen-bond donors (Lipinski definition) is 1. The molecular formula is C9H16F3NO4S. The summed E-state index contributed by atoms with van der Waals surface area (Å²) in [5.41, 5.74) is -0.867. The maximum Gasteiger partial charge on any atom is 0.407 e. The predicted octanol–water partition coefficient (Wildman–Crippen LogP) is 1.83. The van der Waals surface area contributed by atoms with E-state index in [9.17, 15) is 25.9 Å². The number of carbonyl (C=O) groups is 1. The van der Waals surface area contributed by atoms with Crippen LogP contribution in [-0.4, -0.2) is 38.3 Å². The maximum atomic E-state index is 12.4. The summed E-state index contributed by atoms with van der Waals surface area (Å²) in [4.78, 5) is 11.2. The van der Waals surface area contributed by atoms with Crippen molar-refractivity contribution in [2.45, 2.75) is 45.3 Å². The minimum Gasteiger partial charge on any atom is -0.444 e. The molecule has 0 saturated heterocycles. The van der Waals surface area contributed by atoms with Crippen molar-refractivity contribution in [2.24, 2.45) is 0 Å². The molecule has 5 nitrogen and oxygen atoms in total. The lowest BCUT2D eigenvalue weighted by atomic mass is 10.2. The molecule has 0 fully saturated rings. The van der Waals surface area contributed by atoms with Crippen LogP contribution >= 0.6 is 0 Å². The van der Waals surface area contributed by atoms with Crippen molar-refractivity contribution in [3.63, 3.8) is 0 Å². The van der Waals surface area contributed by atoms with E-state index < -0.39 is 46.6 Å². The van der Waals surface area contributed by atoms with Gasteiger partial charge < -0.3 is 10.1 Å². The topological polar surface area (TPSA) is 72.5 Å². The number of amides is 1. The second-order valence-corrected chi connectivity index (χ2v) is 6.09. The molecule has 0 bridgehead atoms. The molecule has 1 atom stereocenters. The van der Waals surface area contributed by atoms with Gasteiger partial charge >= 0.3 is 16.3 Å². The van der Waals surface area contributed by atoms with E-state index >= 15 is 0 Å². The first kappa shape index (κ1) is 17.0. The lowest BCUT2D eigenvalue weighted by molar-refractivity contribution is 0.0482. The summed E-state index contributed by atoms with van der Waals surface area (Å²) >= 11 is 0. The molecule has 0 rings (SSSR count). The summed E-state index contributed by atoms with van der Waals surface area (Å²) in [5.74, 6) is -1.21. The molecule has 0 aromatic rings. The molecule has 0 aromatic carbocycles. The smallest absolute Gasteiger partial charge is 0.407 e. The largest absolute Gasteiger partial charge is 0.444 e. The number of alkyl carbamates (subject to hydrolysis) is 1. The zero-order chi connectivity index (χ0) is 14.6. The van der Waals surface area contributed by atoms with Crippen LogP contribution in [0.5, 0.6) is 0 Å². The van der Waals surface area contributed by atoms with E-state index in [1.54, 1.807) is 20.8 Å². The van der Waals surface area contributed by atoms with Crippen molar-refractivity contribution in [1.82, 2.24) is 5.32 Å². The van der Waals surface area contributed by atoms with Crippen molar-refractivity contribution < 1.29 is 30.6 Å². The number of alkyl halides is 2. The molecule has 0 aromatic heterocycles. The monoisotopic (exact) mass is 291 g/mol. The fourth-order valence-electron chi connectivity index (χ4n) is 1.10. The highest BCUT2D eigenvalue weighted by Gasteiger charge is 2.26. The Morgan fingerprint density at radius 1 is 1.33 bits per heavy atom. The van der Waals surface area contributed by atoms with Gasteiger partial charge in [-0.25, -0.2) is 13.6 Å². The quantitative estimate of drug-likeness (QED) is 0.784. The van der Waals surface area contributed by atoms with E-state index in [2.05, 4.69) is 0 Å². The lowest BCUT2D eigenvalue weighted by Crippen LogP contribution is -2.43. The van der Waals surface area contributed by atoms with Crippen LogP contribution in [-0.2, 0) is 15.0 Å². The van der Waals surface area contributed by atoms with Gasteiger partial charge in [-0.15, -0.1) is 3.89 Å². The van der Waals surface area contributed by atoms with Crippen molar-refractivity contribution in [3.05, 3.63) is 0 Å². The molecule has 1 N–H and O–H groups in total. The first-order valence-corrected chi connectivity index (χ1v) is 6.64. The van der Waals surface area contributed by atoms with Crippen molar-refractivity contribution in [3.8, 4) is 0 Å². The molecular weight excluding hydrogens is 275 g/mol. The van der Waals surface area contributed by atoms with Gasteiger partial charge in [-0.3, -0.25) is 0 Å². The highest BCUT2D eigenvalue weighted by molar-refractivity contribution is 7.86. The number of carbonyl (C=O) groups excluding carboxylic acids is 1. The second-order valence-electron chi connectivity index (χ2n) is 4.68. The Morgan fingerprint density at radius 2 is 1.83 bits per heavy atom. The Bertz CT molecular complexity index is 378. The standard InChI is InChI=1S/C9H16F3NO4S/c1-9(2,3)17-8(14)13-6(4-7(10)11)5-18(12,15)16/h6-7H,4-5H2,1-3H3,(H,13,14). The molecule has 0 saturated carbocycles. The number of halogens is 3. The van der Waals surface area contributed by atoms with Gasteiger partial charge in [0.2, 0.25) is 6.43 Å². The van der Waals surface area contributed by atoms with Gasteiger partial charge in [-0.2, -0.15) is 8.42 Å². The Morgan fingerprint density at radius 3 is 2.17 bits per heavy atom. The maximum absolute atomic E-state index is 12.4. The average molecular weight is 291 g/mol. The van der Waals surface area contributed by atoms with E-state index in [1.165, 1.54) is 0 Å². The van der Waals surface area contributed by atoms with Crippen LogP contribution in [0.4, 0.5) is 17.5 Å². The first-order chi connectivity index (χ1) is 7.89. The summed E-state index contributed by atoms with van der Waals surface area (Å²) in [6.07, 6.45) is -4.91. The Kier molecular flexibility index (Phi) is 5.91. The van der Waals surface area contributed by atoms with Crippen molar-refractivity contribution in [2.75, 3.05) is 5.75 Å². The molecule has 1 unspecified atom stereocenters. The third-order valence-electron chi connectivity index (χ3n) is 1.58. The molecule has 0 spiro atoms. The van der Waals surface area contributed by atoms with Crippen LogP contribution < -0.4 is 5.32 Å². The molecule has 0 radical (unpaired) electrons. The predicted molar refractivity (Wildman–Crippen MR) is 58.7 cm³/mol. The lowest BCUT2D eigenvalue weighted by Gasteiger charge is -2.22. The van der Waals surface area contributed by atoms with Crippen LogP contribution in [0.3, 0.4) is 0 Å². The molecule has 0 aliphatic rings. The van der Waals surface area contributed by atoms with Gasteiger partial charge in [0.15, 0.2) is 0 Å². The van der Waals surface area contributed by atoms with Gasteiger partial charge in [-0.05, 0) is 20.8 Å². The summed E-state index contributed by atoms with van der Waals surface area (Å²) in [7, 11) is -4.96. The number of ether oxygens (including phenoxy) is 1. The molecule has 9 heteroatoms. The van der Waals surface area contributed by atoms with Crippen LogP contribution in [0, 0.1) is 0 Å². The van der Waals surface area contributed by atoms with E-state index in [1.807, 2.05) is 5.32 Å². The highest BCUT2D eigenvalue weighted by atomic mass is 32.3. The van der Waals surface area contributed by atoms with E-state index in [0.29, 0.717) is 0 Å². The summed E-state index contributed by atoms with van der Waals surface area (Å²) in [5, 5.41) is 1.90. The molecule has 0 aliphatic carbocycles. The Labute approximate surface area is 104 Å². The third kappa shape index (κ3) is 10.2. The van der Waals surface area contributed by atoms with Crippen LogP contribution in [0.2, 0.25) is 0 Å². The fourth-order valence-corrected chi connectivity index (χ4v) is 1.80.